The average molecular weight is 331 g/mol. The summed E-state index contributed by atoms with van der Waals surface area (Å²) >= 11 is 0. The lowest BCUT2D eigenvalue weighted by atomic mass is 9.74. The molecule has 0 unspecified atom stereocenters. The van der Waals surface area contributed by atoms with E-state index in [4.69, 9.17) is 4.74 Å². The minimum absolute atomic E-state index is 0.0420. The lowest BCUT2D eigenvalue weighted by molar-refractivity contribution is -0.109. The Kier molecular flexibility index (Phi) is 8.24. The van der Waals surface area contributed by atoms with Crippen LogP contribution >= 0.6 is 0 Å². The molecule has 0 saturated carbocycles. The fourth-order valence-electron chi connectivity index (χ4n) is 3.23. The summed E-state index contributed by atoms with van der Waals surface area (Å²) in [7, 11) is 1.71. The quantitative estimate of drug-likeness (QED) is 0.362. The van der Waals surface area contributed by atoms with Crippen LogP contribution < -0.4 is 4.74 Å². The first-order valence-corrected chi connectivity index (χ1v) is 9.21. The monoisotopic (exact) mass is 330 g/mol. The zero-order valence-corrected chi connectivity index (χ0v) is 16.1. The summed E-state index contributed by atoms with van der Waals surface area (Å²) < 4.78 is 5.39. The SMILES string of the molecule is CCCC[C@@](C)(/C=C/[C@](C)(CCC)c1cccc(OC)c1)CC=O. The zero-order chi connectivity index (χ0) is 18.1. The minimum atomic E-state index is -0.0500. The fourth-order valence-corrected chi connectivity index (χ4v) is 3.23. The first-order chi connectivity index (χ1) is 11.4. The van der Waals surface area contributed by atoms with Crippen molar-refractivity contribution in [2.45, 2.75) is 71.6 Å². The van der Waals surface area contributed by atoms with E-state index < -0.39 is 0 Å². The highest BCUT2D eigenvalue weighted by atomic mass is 16.5. The van der Waals surface area contributed by atoms with Crippen LogP contribution in [0.3, 0.4) is 0 Å². The molecular weight excluding hydrogens is 296 g/mol. The van der Waals surface area contributed by atoms with Gasteiger partial charge in [0.1, 0.15) is 12.0 Å². The predicted molar refractivity (Wildman–Crippen MR) is 103 cm³/mol. The molecule has 0 amide bonds. The van der Waals surface area contributed by atoms with E-state index in [0.29, 0.717) is 6.42 Å². The normalized spacial score (nSPS) is 16.5. The van der Waals surface area contributed by atoms with Crippen LogP contribution in [0.5, 0.6) is 5.75 Å². The van der Waals surface area contributed by atoms with E-state index in [9.17, 15) is 4.79 Å². The van der Waals surface area contributed by atoms with Gasteiger partial charge in [-0.25, -0.2) is 0 Å². The van der Waals surface area contributed by atoms with Gasteiger partial charge in [0, 0.05) is 11.8 Å². The Labute approximate surface area is 148 Å². The van der Waals surface area contributed by atoms with Crippen LogP contribution in [0.15, 0.2) is 36.4 Å². The molecule has 0 bridgehead atoms. The Morgan fingerprint density at radius 2 is 1.83 bits per heavy atom. The first-order valence-electron chi connectivity index (χ1n) is 9.21. The molecule has 0 saturated heterocycles. The third kappa shape index (κ3) is 5.81. The smallest absolute Gasteiger partial charge is 0.120 e. The number of carbonyl (C=O) groups is 1. The van der Waals surface area contributed by atoms with Crippen LogP contribution in [0.2, 0.25) is 0 Å². The van der Waals surface area contributed by atoms with Gasteiger partial charge in [0.15, 0.2) is 0 Å². The molecule has 2 atom stereocenters. The van der Waals surface area contributed by atoms with Gasteiger partial charge >= 0.3 is 0 Å². The molecule has 24 heavy (non-hydrogen) atoms. The third-order valence-corrected chi connectivity index (χ3v) is 5.00. The molecule has 0 aromatic heterocycles. The molecule has 2 nitrogen and oxygen atoms in total. The standard InChI is InChI=1S/C22H34O2/c1-6-8-13-21(3,16-17-23)14-15-22(4,12-7-2)19-10-9-11-20(18-19)24-5/h9-11,14-15,17-18H,6-8,12-13,16H2,1-5H3/b15-14+/t21-,22-/m0/s1. The van der Waals surface area contributed by atoms with Gasteiger partial charge in [-0.05, 0) is 36.0 Å². The van der Waals surface area contributed by atoms with Gasteiger partial charge in [0.2, 0.25) is 0 Å². The molecule has 1 aromatic rings. The van der Waals surface area contributed by atoms with Gasteiger partial charge in [0.05, 0.1) is 7.11 Å². The Morgan fingerprint density at radius 3 is 2.42 bits per heavy atom. The number of carbonyl (C=O) groups excluding carboxylic acids is 1. The van der Waals surface area contributed by atoms with Crippen molar-refractivity contribution in [3.63, 3.8) is 0 Å². The molecule has 0 aliphatic carbocycles. The van der Waals surface area contributed by atoms with Crippen LogP contribution in [0.25, 0.3) is 0 Å². The molecule has 0 aliphatic heterocycles. The molecule has 0 aliphatic rings. The molecule has 2 heteroatoms. The number of hydrogen-bond donors (Lipinski definition) is 0. The molecule has 0 fully saturated rings. The van der Waals surface area contributed by atoms with Crippen LogP contribution in [0.4, 0.5) is 0 Å². The van der Waals surface area contributed by atoms with Crippen LogP contribution in [0, 0.1) is 5.41 Å². The number of rotatable bonds is 11. The highest BCUT2D eigenvalue weighted by Gasteiger charge is 2.26. The predicted octanol–water partition coefficient (Wildman–Crippen LogP) is 6.09. The summed E-state index contributed by atoms with van der Waals surface area (Å²) in [5.41, 5.74) is 1.18. The second-order valence-electron chi connectivity index (χ2n) is 7.36. The zero-order valence-electron chi connectivity index (χ0n) is 16.1. The number of benzene rings is 1. The molecule has 1 rings (SSSR count). The maximum Gasteiger partial charge on any atom is 0.120 e. The van der Waals surface area contributed by atoms with Crippen molar-refractivity contribution < 1.29 is 9.53 Å². The molecule has 0 spiro atoms. The van der Waals surface area contributed by atoms with E-state index in [0.717, 1.165) is 44.1 Å². The van der Waals surface area contributed by atoms with Gasteiger partial charge in [-0.3, -0.25) is 0 Å². The first kappa shape index (κ1) is 20.5. The lowest BCUT2D eigenvalue weighted by Gasteiger charge is -2.30. The van der Waals surface area contributed by atoms with Crippen molar-refractivity contribution >= 4 is 6.29 Å². The van der Waals surface area contributed by atoms with Gasteiger partial charge in [-0.1, -0.05) is 71.2 Å². The number of unbranched alkanes of at least 4 members (excludes halogenated alkanes) is 1. The molecule has 134 valence electrons. The van der Waals surface area contributed by atoms with Gasteiger partial charge in [-0.2, -0.15) is 0 Å². The Morgan fingerprint density at radius 1 is 1.08 bits per heavy atom. The summed E-state index contributed by atoms with van der Waals surface area (Å²) in [5.74, 6) is 0.893. The van der Waals surface area contributed by atoms with Crippen LogP contribution in [-0.4, -0.2) is 13.4 Å². The van der Waals surface area contributed by atoms with Crippen molar-refractivity contribution in [3.05, 3.63) is 42.0 Å². The highest BCUT2D eigenvalue weighted by molar-refractivity contribution is 5.51. The Hall–Kier alpha value is -1.57. The maximum absolute atomic E-state index is 11.1. The highest BCUT2D eigenvalue weighted by Crippen LogP contribution is 2.36. The maximum atomic E-state index is 11.1. The van der Waals surface area contributed by atoms with Crippen molar-refractivity contribution in [1.82, 2.24) is 0 Å². The van der Waals surface area contributed by atoms with Crippen molar-refractivity contribution in [3.8, 4) is 5.75 Å². The molecular formula is C22H34O2. The van der Waals surface area contributed by atoms with E-state index in [-0.39, 0.29) is 10.8 Å². The topological polar surface area (TPSA) is 26.3 Å². The van der Waals surface area contributed by atoms with Gasteiger partial charge in [-0.15, -0.1) is 0 Å². The Balaban J connectivity index is 3.14. The van der Waals surface area contributed by atoms with Gasteiger partial charge < -0.3 is 9.53 Å². The van der Waals surface area contributed by atoms with Crippen molar-refractivity contribution in [2.75, 3.05) is 7.11 Å². The second-order valence-corrected chi connectivity index (χ2v) is 7.36. The largest absolute Gasteiger partial charge is 0.497 e. The van der Waals surface area contributed by atoms with Crippen molar-refractivity contribution in [2.24, 2.45) is 5.41 Å². The summed E-state index contributed by atoms with van der Waals surface area (Å²) in [6, 6.07) is 8.34. The summed E-state index contributed by atoms with van der Waals surface area (Å²) in [5, 5.41) is 0. The number of allylic oxidation sites excluding steroid dienone is 2. The van der Waals surface area contributed by atoms with E-state index in [1.807, 2.05) is 6.07 Å². The summed E-state index contributed by atoms with van der Waals surface area (Å²) in [6.45, 7) is 8.89. The van der Waals surface area contributed by atoms with Crippen LogP contribution in [0.1, 0.15) is 71.8 Å². The summed E-state index contributed by atoms with van der Waals surface area (Å²) in [6.07, 6.45) is 11.8. The second kappa shape index (κ2) is 9.66. The van der Waals surface area contributed by atoms with Crippen LogP contribution in [-0.2, 0) is 10.2 Å². The lowest BCUT2D eigenvalue weighted by Crippen LogP contribution is -2.21. The number of methoxy groups -OCH3 is 1. The minimum Gasteiger partial charge on any atom is -0.497 e. The molecule has 0 N–H and O–H groups in total. The van der Waals surface area contributed by atoms with Crippen molar-refractivity contribution in [1.29, 1.82) is 0 Å². The fraction of sp³-hybridized carbons (Fsp3) is 0.591. The van der Waals surface area contributed by atoms with E-state index in [1.165, 1.54) is 5.56 Å². The van der Waals surface area contributed by atoms with Gasteiger partial charge in [0.25, 0.3) is 0 Å². The average Bonchev–Trinajstić information content (AvgIpc) is 2.59. The molecule has 0 radical (unpaired) electrons. The number of aldehydes is 1. The molecule has 0 heterocycles. The van der Waals surface area contributed by atoms with E-state index >= 15 is 0 Å². The van der Waals surface area contributed by atoms with E-state index in [2.05, 4.69) is 58.0 Å². The van der Waals surface area contributed by atoms with E-state index in [1.54, 1.807) is 7.11 Å². The summed E-state index contributed by atoms with van der Waals surface area (Å²) in [4.78, 5) is 11.1. The number of hydrogen-bond acceptors (Lipinski definition) is 2. The Bertz CT molecular complexity index is 535. The molecule has 1 aromatic carbocycles. The number of ether oxygens (including phenoxy) is 1. The third-order valence-electron chi connectivity index (χ3n) is 5.00.